The molecule has 0 aliphatic carbocycles. The van der Waals surface area contributed by atoms with Crippen LogP contribution in [0.4, 0.5) is 5.69 Å². The summed E-state index contributed by atoms with van der Waals surface area (Å²) in [5.74, 6) is -0.754. The van der Waals surface area contributed by atoms with Crippen molar-refractivity contribution in [1.29, 1.82) is 0 Å². The van der Waals surface area contributed by atoms with Crippen molar-refractivity contribution in [2.75, 3.05) is 6.54 Å². The highest BCUT2D eigenvalue weighted by Crippen LogP contribution is 1.98. The normalized spacial score (nSPS) is 14.2. The second-order valence-corrected chi connectivity index (χ2v) is 3.52. The largest absolute Gasteiger partial charge is 0.341 e. The van der Waals surface area contributed by atoms with Gasteiger partial charge in [-0.3, -0.25) is 0 Å². The molecule has 5 nitrogen and oxygen atoms in total. The summed E-state index contributed by atoms with van der Waals surface area (Å²) in [6.07, 6.45) is 0. The van der Waals surface area contributed by atoms with Crippen LogP contribution in [-0.2, 0) is 9.59 Å². The van der Waals surface area contributed by atoms with Crippen molar-refractivity contribution in [3.05, 3.63) is 30.3 Å². The number of hydrogen-bond acceptors (Lipinski definition) is 4. The van der Waals surface area contributed by atoms with Crippen LogP contribution in [0.15, 0.2) is 30.3 Å². The minimum Gasteiger partial charge on any atom is -0.319 e. The number of carbonyl (C=O) groups is 2. The van der Waals surface area contributed by atoms with Gasteiger partial charge in [0.2, 0.25) is 0 Å². The Hall–Kier alpha value is -1.56. The van der Waals surface area contributed by atoms with Gasteiger partial charge in [0.15, 0.2) is 0 Å². The van der Waals surface area contributed by atoms with E-state index in [1.807, 2.05) is 6.07 Å². The fraction of sp³-hybridized carbons (Fsp3) is 0.273. The molecule has 2 atom stereocenters. The van der Waals surface area contributed by atoms with Gasteiger partial charge in [0, 0.05) is 12.1 Å². The first-order valence-corrected chi connectivity index (χ1v) is 5.03. The van der Waals surface area contributed by atoms with E-state index in [0.29, 0.717) is 5.69 Å². The molecule has 0 spiro atoms. The molecular formula is C11H16N3O2+. The molecule has 1 aromatic rings. The zero-order valence-electron chi connectivity index (χ0n) is 9.14. The molecule has 5 N–H and O–H groups in total. The number of nitrogens with two attached hydrogens (primary N) is 2. The molecule has 86 valence electrons. The number of hydrogen-bond donors (Lipinski definition) is 3. The van der Waals surface area contributed by atoms with Crippen LogP contribution in [0.1, 0.15) is 6.92 Å². The van der Waals surface area contributed by atoms with E-state index in [-0.39, 0.29) is 23.3 Å². The monoisotopic (exact) mass is 222 g/mol. The molecule has 16 heavy (non-hydrogen) atoms. The van der Waals surface area contributed by atoms with Gasteiger partial charge in [-0.25, -0.2) is 9.59 Å². The maximum Gasteiger partial charge on any atom is 0.341 e. The van der Waals surface area contributed by atoms with Gasteiger partial charge in [-0.15, -0.1) is 0 Å². The Balaban J connectivity index is 3.07. The summed E-state index contributed by atoms with van der Waals surface area (Å²) in [6, 6.07) is 8.02. The molecule has 0 heterocycles. The van der Waals surface area contributed by atoms with E-state index in [2.05, 4.69) is 0 Å². The molecule has 0 radical (unpaired) electrons. The van der Waals surface area contributed by atoms with Crippen molar-refractivity contribution >= 4 is 17.5 Å². The van der Waals surface area contributed by atoms with Gasteiger partial charge < -0.3 is 11.5 Å². The average Bonchev–Trinajstić information content (AvgIpc) is 2.30. The smallest absolute Gasteiger partial charge is 0.319 e. The molecule has 1 rings (SSSR count). The van der Waals surface area contributed by atoms with Crippen LogP contribution < -0.4 is 16.4 Å². The van der Waals surface area contributed by atoms with Gasteiger partial charge in [0.05, 0.1) is 0 Å². The number of rotatable bonds is 3. The molecule has 0 saturated carbocycles. The number of para-hydroxylation sites is 1. The number of carbonyl (C=O) groups excluding carboxylic acids is 2. The zero-order valence-corrected chi connectivity index (χ0v) is 9.14. The number of amides is 2. The van der Waals surface area contributed by atoms with Gasteiger partial charge in [0.25, 0.3) is 0 Å². The topological polar surface area (TPSA) is 90.6 Å². The fourth-order valence-corrected chi connectivity index (χ4v) is 1.38. The van der Waals surface area contributed by atoms with Crippen LogP contribution in [0.5, 0.6) is 0 Å². The van der Waals surface area contributed by atoms with Crippen molar-refractivity contribution in [3.63, 3.8) is 0 Å². The van der Waals surface area contributed by atoms with Crippen LogP contribution in [0.25, 0.3) is 0 Å². The fourth-order valence-electron chi connectivity index (χ4n) is 1.38. The highest BCUT2D eigenvalue weighted by atomic mass is 16.2. The van der Waals surface area contributed by atoms with Crippen molar-refractivity contribution in [2.45, 2.75) is 13.0 Å². The lowest BCUT2D eigenvalue weighted by Gasteiger charge is -2.15. The van der Waals surface area contributed by atoms with E-state index in [1.54, 1.807) is 31.2 Å². The summed E-state index contributed by atoms with van der Waals surface area (Å²) >= 11 is 0. The van der Waals surface area contributed by atoms with E-state index in [9.17, 15) is 9.59 Å². The van der Waals surface area contributed by atoms with Gasteiger partial charge >= 0.3 is 11.8 Å². The van der Waals surface area contributed by atoms with Gasteiger partial charge in [-0.05, 0) is 6.92 Å². The summed E-state index contributed by atoms with van der Waals surface area (Å²) < 4.78 is 0. The Kier molecular flexibility index (Phi) is 4.30. The minimum absolute atomic E-state index is 0.0955. The Morgan fingerprint density at radius 2 is 1.88 bits per heavy atom. The second-order valence-electron chi connectivity index (χ2n) is 3.52. The van der Waals surface area contributed by atoms with E-state index in [1.165, 1.54) is 0 Å². The summed E-state index contributed by atoms with van der Waals surface area (Å²) in [6.45, 7) is 1.36. The molecule has 0 saturated heterocycles. The number of benzene rings is 1. The molecule has 5 heteroatoms. The van der Waals surface area contributed by atoms with Gasteiger partial charge in [-0.2, -0.15) is 4.90 Å². The van der Waals surface area contributed by atoms with E-state index in [0.717, 1.165) is 0 Å². The number of quaternary nitrogens is 1. The Morgan fingerprint density at radius 3 is 2.31 bits per heavy atom. The third-order valence-corrected chi connectivity index (χ3v) is 2.19. The lowest BCUT2D eigenvalue weighted by molar-refractivity contribution is -0.664. The van der Waals surface area contributed by atoms with Crippen LogP contribution in [0.2, 0.25) is 0 Å². The van der Waals surface area contributed by atoms with Crippen LogP contribution in [0.3, 0.4) is 0 Å². The predicted octanol–water partition coefficient (Wildman–Crippen LogP) is -1.44. The van der Waals surface area contributed by atoms with Crippen molar-refractivity contribution in [1.82, 2.24) is 0 Å². The zero-order chi connectivity index (χ0) is 12.1. The lowest BCUT2D eigenvalue weighted by atomic mass is 10.2. The summed E-state index contributed by atoms with van der Waals surface area (Å²) in [5.41, 5.74) is 11.4. The first-order valence-electron chi connectivity index (χ1n) is 5.03. The maximum atomic E-state index is 11.8. The molecule has 0 aromatic heterocycles. The molecule has 0 aliphatic heterocycles. The summed E-state index contributed by atoms with van der Waals surface area (Å²) in [5, 5.41) is 0. The molecule has 1 unspecified atom stereocenters. The first-order chi connectivity index (χ1) is 7.57. The van der Waals surface area contributed by atoms with Crippen molar-refractivity contribution < 1.29 is 14.5 Å². The third kappa shape index (κ3) is 2.73. The standard InChI is InChI=1S/C11H15N3O2/c1-8(13)11(16)14(10(15)7-12)9-5-3-2-4-6-9/h2-6,8H,7,12-13H2,1H3/p+1/t8-/m1/s1. The number of imide groups is 1. The predicted molar refractivity (Wildman–Crippen MR) is 59.8 cm³/mol. The third-order valence-electron chi connectivity index (χ3n) is 2.19. The highest BCUT2D eigenvalue weighted by Gasteiger charge is 2.31. The Bertz CT molecular complexity index is 376. The van der Waals surface area contributed by atoms with Crippen molar-refractivity contribution in [2.24, 2.45) is 11.5 Å². The molecule has 0 bridgehead atoms. The molecule has 2 amide bonds. The van der Waals surface area contributed by atoms with E-state index < -0.39 is 6.04 Å². The minimum atomic E-state index is -0.703. The van der Waals surface area contributed by atoms with E-state index in [4.69, 9.17) is 11.5 Å². The molecule has 0 aliphatic rings. The van der Waals surface area contributed by atoms with Gasteiger partial charge in [0.1, 0.15) is 18.3 Å². The maximum absolute atomic E-state index is 11.8. The highest BCUT2D eigenvalue weighted by molar-refractivity contribution is 5.87. The second kappa shape index (κ2) is 5.50. The SMILES string of the molecule is C[C@@H](N)C(=O)[NH+](C(=O)CN)c1ccccc1. The van der Waals surface area contributed by atoms with E-state index >= 15 is 0 Å². The number of nitrogens with one attached hydrogen (secondary N) is 1. The molecular weight excluding hydrogens is 206 g/mol. The van der Waals surface area contributed by atoms with Crippen LogP contribution in [-0.4, -0.2) is 24.4 Å². The van der Waals surface area contributed by atoms with Crippen LogP contribution in [0, 0.1) is 0 Å². The Labute approximate surface area is 94.0 Å². The molecule has 0 fully saturated rings. The first kappa shape index (κ1) is 12.5. The van der Waals surface area contributed by atoms with Gasteiger partial charge in [-0.1, -0.05) is 18.2 Å². The lowest BCUT2D eigenvalue weighted by Crippen LogP contribution is -3.15. The quantitative estimate of drug-likeness (QED) is 0.584. The average molecular weight is 222 g/mol. The molecule has 1 aromatic carbocycles. The van der Waals surface area contributed by atoms with Crippen LogP contribution >= 0.6 is 0 Å². The summed E-state index contributed by atoms with van der Waals surface area (Å²) in [7, 11) is 0. The Morgan fingerprint density at radius 1 is 1.31 bits per heavy atom. The summed E-state index contributed by atoms with van der Waals surface area (Å²) in [4.78, 5) is 23.5. The van der Waals surface area contributed by atoms with Crippen molar-refractivity contribution in [3.8, 4) is 0 Å².